The second-order valence-electron chi connectivity index (χ2n) is 7.29. The van der Waals surface area contributed by atoms with Gasteiger partial charge in [0.2, 0.25) is 17.2 Å². The van der Waals surface area contributed by atoms with Crippen LogP contribution in [0.5, 0.6) is 5.75 Å². The summed E-state index contributed by atoms with van der Waals surface area (Å²) in [6, 6.07) is 8.00. The Kier molecular flexibility index (Phi) is 4.49. The van der Waals surface area contributed by atoms with Gasteiger partial charge >= 0.3 is 6.03 Å². The molecule has 1 aromatic carbocycles. The van der Waals surface area contributed by atoms with Crippen molar-refractivity contribution in [2.75, 3.05) is 0 Å². The lowest BCUT2D eigenvalue weighted by Crippen LogP contribution is -2.77. The van der Waals surface area contributed by atoms with E-state index in [-0.39, 0.29) is 18.7 Å². The van der Waals surface area contributed by atoms with E-state index in [1.54, 1.807) is 36.4 Å². The smallest absolute Gasteiger partial charge is 0.328 e. The second-order valence-corrected chi connectivity index (χ2v) is 7.29. The van der Waals surface area contributed by atoms with E-state index >= 15 is 0 Å². The molecule has 1 aromatic rings. The minimum atomic E-state index is -1.87. The highest BCUT2D eigenvalue weighted by molar-refractivity contribution is 6.25. The number of ether oxygens (including phenoxy) is 1. The van der Waals surface area contributed by atoms with Gasteiger partial charge in [-0.25, -0.2) is 4.79 Å². The number of allylic oxidation sites excluding steroid dienone is 2. The first-order valence-electron chi connectivity index (χ1n) is 9.52. The Labute approximate surface area is 167 Å². The van der Waals surface area contributed by atoms with Gasteiger partial charge in [0.25, 0.3) is 11.8 Å². The van der Waals surface area contributed by atoms with Gasteiger partial charge in [0.05, 0.1) is 0 Å². The molecule has 8 heteroatoms. The largest absolute Gasteiger partial charge is 0.464 e. The van der Waals surface area contributed by atoms with Crippen molar-refractivity contribution in [2.45, 2.75) is 37.5 Å². The van der Waals surface area contributed by atoms with Gasteiger partial charge in [-0.3, -0.25) is 29.9 Å². The normalized spacial score (nSPS) is 27.9. The number of carbonyl (C=O) groups is 4. The molecule has 2 aliphatic heterocycles. The molecule has 5 amide bonds. The van der Waals surface area contributed by atoms with Gasteiger partial charge in [0, 0.05) is 18.8 Å². The Morgan fingerprint density at radius 2 is 1.76 bits per heavy atom. The number of benzene rings is 1. The van der Waals surface area contributed by atoms with Gasteiger partial charge in [0.15, 0.2) is 0 Å². The van der Waals surface area contributed by atoms with E-state index in [1.165, 1.54) is 4.90 Å². The monoisotopic (exact) mass is 395 g/mol. The Morgan fingerprint density at radius 1 is 1.07 bits per heavy atom. The van der Waals surface area contributed by atoms with Crippen LogP contribution in [0.3, 0.4) is 0 Å². The summed E-state index contributed by atoms with van der Waals surface area (Å²) in [6.07, 6.45) is 7.66. The number of nitrogens with one attached hydrogen (secondary N) is 2. The predicted octanol–water partition coefficient (Wildman–Crippen LogP) is 1.64. The number of barbiturate groups is 1. The van der Waals surface area contributed by atoms with Crippen LogP contribution in [0.2, 0.25) is 0 Å². The van der Waals surface area contributed by atoms with Gasteiger partial charge in [-0.15, -0.1) is 0 Å². The first-order chi connectivity index (χ1) is 13.9. The SMILES string of the molecule is CC[C@@H]1CC(=O)N(C2(Oc3ccccc3)C=CC=CC2)C12C(=O)NC(=O)NC2=O. The van der Waals surface area contributed by atoms with Crippen LogP contribution in [0.4, 0.5) is 4.79 Å². The summed E-state index contributed by atoms with van der Waals surface area (Å²) in [6.45, 7) is 1.81. The molecule has 2 heterocycles. The van der Waals surface area contributed by atoms with Crippen LogP contribution >= 0.6 is 0 Å². The van der Waals surface area contributed by atoms with Crippen LogP contribution in [0.25, 0.3) is 0 Å². The average Bonchev–Trinajstić information content (AvgIpc) is 3.01. The third-order valence-electron chi connectivity index (χ3n) is 5.68. The minimum absolute atomic E-state index is 0.00296. The molecule has 1 spiro atoms. The number of amides is 5. The van der Waals surface area contributed by atoms with Crippen LogP contribution in [0.1, 0.15) is 26.2 Å². The van der Waals surface area contributed by atoms with E-state index in [0.717, 1.165) is 0 Å². The molecule has 2 saturated heterocycles. The number of hydrogen-bond acceptors (Lipinski definition) is 5. The fourth-order valence-electron chi connectivity index (χ4n) is 4.45. The summed E-state index contributed by atoms with van der Waals surface area (Å²) in [7, 11) is 0. The topological polar surface area (TPSA) is 105 Å². The molecule has 2 atom stereocenters. The van der Waals surface area contributed by atoms with Gasteiger partial charge in [-0.2, -0.15) is 0 Å². The molecular formula is C21H21N3O5. The molecule has 0 aromatic heterocycles. The molecule has 4 rings (SSSR count). The van der Waals surface area contributed by atoms with Crippen LogP contribution in [-0.2, 0) is 14.4 Å². The molecule has 0 saturated carbocycles. The maximum Gasteiger partial charge on any atom is 0.328 e. The zero-order valence-electron chi connectivity index (χ0n) is 15.9. The van der Waals surface area contributed by atoms with Gasteiger partial charge in [0.1, 0.15) is 5.75 Å². The van der Waals surface area contributed by atoms with Crippen molar-refractivity contribution in [3.63, 3.8) is 0 Å². The van der Waals surface area contributed by atoms with Crippen LogP contribution < -0.4 is 15.4 Å². The molecule has 1 aliphatic carbocycles. The quantitative estimate of drug-likeness (QED) is 0.754. The molecule has 2 fully saturated rings. The fourth-order valence-corrected chi connectivity index (χ4v) is 4.45. The first kappa shape index (κ1) is 18.9. The van der Waals surface area contributed by atoms with E-state index in [4.69, 9.17) is 4.74 Å². The number of nitrogens with zero attached hydrogens (tertiary/aromatic N) is 1. The van der Waals surface area contributed by atoms with Crippen molar-refractivity contribution < 1.29 is 23.9 Å². The summed E-state index contributed by atoms with van der Waals surface area (Å²) in [5, 5.41) is 4.35. The molecule has 0 bridgehead atoms. The zero-order valence-corrected chi connectivity index (χ0v) is 15.9. The van der Waals surface area contributed by atoms with Crippen molar-refractivity contribution in [3.8, 4) is 5.75 Å². The van der Waals surface area contributed by atoms with Gasteiger partial charge in [-0.05, 0) is 24.6 Å². The van der Waals surface area contributed by atoms with E-state index < -0.39 is 35.0 Å². The predicted molar refractivity (Wildman–Crippen MR) is 102 cm³/mol. The summed E-state index contributed by atoms with van der Waals surface area (Å²) in [4.78, 5) is 52.4. The van der Waals surface area contributed by atoms with E-state index in [1.807, 2.05) is 25.1 Å². The number of urea groups is 1. The summed E-state index contributed by atoms with van der Waals surface area (Å²) >= 11 is 0. The molecule has 0 radical (unpaired) electrons. The molecule has 3 aliphatic rings. The molecule has 2 N–H and O–H groups in total. The Hall–Kier alpha value is -3.42. The average molecular weight is 395 g/mol. The number of carbonyl (C=O) groups excluding carboxylic acids is 4. The third-order valence-corrected chi connectivity index (χ3v) is 5.68. The Balaban J connectivity index is 1.88. The summed E-state index contributed by atoms with van der Waals surface area (Å²) < 4.78 is 6.26. The maximum atomic E-state index is 13.2. The molecule has 150 valence electrons. The first-order valence-corrected chi connectivity index (χ1v) is 9.52. The highest BCUT2D eigenvalue weighted by atomic mass is 16.5. The van der Waals surface area contributed by atoms with Gasteiger partial charge in [-0.1, -0.05) is 43.4 Å². The molecule has 1 unspecified atom stereocenters. The van der Waals surface area contributed by atoms with E-state index in [2.05, 4.69) is 10.6 Å². The Morgan fingerprint density at radius 3 is 2.34 bits per heavy atom. The lowest BCUT2D eigenvalue weighted by atomic mass is 9.78. The van der Waals surface area contributed by atoms with Crippen molar-refractivity contribution in [1.29, 1.82) is 0 Å². The standard InChI is InChI=1S/C21H21N3O5/c1-2-14-13-16(25)24(21(14)17(26)22-19(28)23-18(21)27)20(11-7-4-8-12-20)29-15-9-5-3-6-10-15/h3-11,14H,2,12-13H2,1H3,(H2,22,23,26,27,28)/t14-,20?/m1/s1. The number of hydrogen-bond donors (Lipinski definition) is 2. The van der Waals surface area contributed by atoms with Gasteiger partial charge < -0.3 is 4.74 Å². The lowest BCUT2D eigenvalue weighted by Gasteiger charge is -2.49. The number of para-hydroxylation sites is 1. The van der Waals surface area contributed by atoms with Crippen molar-refractivity contribution in [1.82, 2.24) is 15.5 Å². The number of rotatable bonds is 4. The minimum Gasteiger partial charge on any atom is -0.464 e. The molecule has 29 heavy (non-hydrogen) atoms. The highest BCUT2D eigenvalue weighted by Crippen LogP contribution is 2.46. The van der Waals surface area contributed by atoms with Crippen molar-refractivity contribution in [3.05, 3.63) is 54.6 Å². The van der Waals surface area contributed by atoms with Crippen LogP contribution in [0.15, 0.2) is 54.6 Å². The highest BCUT2D eigenvalue weighted by Gasteiger charge is 2.69. The van der Waals surface area contributed by atoms with E-state index in [0.29, 0.717) is 12.2 Å². The lowest BCUT2D eigenvalue weighted by molar-refractivity contribution is -0.171. The second kappa shape index (κ2) is 6.88. The third kappa shape index (κ3) is 2.74. The number of likely N-dealkylation sites (tertiary alicyclic amines) is 1. The van der Waals surface area contributed by atoms with Crippen molar-refractivity contribution in [2.24, 2.45) is 5.92 Å². The zero-order chi connectivity index (χ0) is 20.6. The van der Waals surface area contributed by atoms with Crippen molar-refractivity contribution >= 4 is 23.8 Å². The summed E-state index contributed by atoms with van der Waals surface area (Å²) in [5.74, 6) is -2.10. The maximum absolute atomic E-state index is 13.2. The number of imide groups is 2. The summed E-state index contributed by atoms with van der Waals surface area (Å²) in [5.41, 5.74) is -3.25. The van der Waals surface area contributed by atoms with Crippen LogP contribution in [-0.4, -0.2) is 39.9 Å². The van der Waals surface area contributed by atoms with E-state index in [9.17, 15) is 19.2 Å². The molecule has 8 nitrogen and oxygen atoms in total. The fraction of sp³-hybridized carbons (Fsp3) is 0.333. The molecular weight excluding hydrogens is 374 g/mol. The van der Waals surface area contributed by atoms with Crippen LogP contribution in [0, 0.1) is 5.92 Å². The Bertz CT molecular complexity index is 919.